The van der Waals surface area contributed by atoms with Gasteiger partial charge in [-0.3, -0.25) is 0 Å². The normalized spacial score (nSPS) is 20.0. The van der Waals surface area contributed by atoms with Crippen molar-refractivity contribution in [3.05, 3.63) is 41.6 Å². The Morgan fingerprint density at radius 2 is 1.98 bits per heavy atom. The van der Waals surface area contributed by atoms with E-state index in [0.717, 1.165) is 67.3 Å². The lowest BCUT2D eigenvalue weighted by Crippen LogP contribution is -2.36. The topological polar surface area (TPSA) is 120 Å². The predicted octanol–water partition coefficient (Wildman–Crippen LogP) is 5.66. The molecule has 1 aliphatic heterocycles. The molecule has 2 aliphatic rings. The van der Waals surface area contributed by atoms with Gasteiger partial charge in [-0.25, -0.2) is 9.78 Å². The number of carbonyl (C=O) groups excluding carboxylic acids is 1. The van der Waals surface area contributed by atoms with E-state index < -0.39 is 5.60 Å². The molecular formula is C33H49N7O3. The number of nitrogen functional groups attached to an aromatic ring is 1. The molecule has 0 spiro atoms. The van der Waals surface area contributed by atoms with Crippen LogP contribution in [0.4, 0.5) is 16.6 Å². The Morgan fingerprint density at radius 3 is 2.74 bits per heavy atom. The number of anilines is 2. The van der Waals surface area contributed by atoms with Gasteiger partial charge in [0, 0.05) is 37.9 Å². The summed E-state index contributed by atoms with van der Waals surface area (Å²) in [4.78, 5) is 23.5. The summed E-state index contributed by atoms with van der Waals surface area (Å²) >= 11 is 0. The number of fused-ring (bicyclic) bond motifs is 2. The maximum absolute atomic E-state index is 12.6. The van der Waals surface area contributed by atoms with E-state index in [0.29, 0.717) is 24.3 Å². The Kier molecular flexibility index (Phi) is 9.64. The molecule has 2 fully saturated rings. The Bertz CT molecular complexity index is 1400. The van der Waals surface area contributed by atoms with Crippen LogP contribution in [0.2, 0.25) is 0 Å². The molecule has 3 heterocycles. The van der Waals surface area contributed by atoms with Crippen LogP contribution in [0.15, 0.2) is 30.5 Å². The minimum atomic E-state index is -0.459. The molecule has 0 bridgehead atoms. The molecule has 43 heavy (non-hydrogen) atoms. The van der Waals surface area contributed by atoms with Crippen LogP contribution < -0.4 is 21.1 Å². The Hall–Kier alpha value is -3.53. The number of benzene rings is 1. The third-order valence-corrected chi connectivity index (χ3v) is 8.79. The number of hydrogen-bond acceptors (Lipinski definition) is 8. The van der Waals surface area contributed by atoms with Crippen LogP contribution in [0.25, 0.3) is 11.0 Å². The van der Waals surface area contributed by atoms with Gasteiger partial charge in [-0.2, -0.15) is 4.98 Å². The SMILES string of the molecule is CCCCCNc1nc(N)nc2ccn(Cc3ccc(CNCC4CCC5CN(C(=O)OC(C)(C)C)CC45)cc3OC)c12. The fraction of sp³-hybridized carbons (Fsp3) is 0.606. The number of rotatable bonds is 12. The van der Waals surface area contributed by atoms with Gasteiger partial charge in [0.05, 0.1) is 19.2 Å². The van der Waals surface area contributed by atoms with E-state index in [1.54, 1.807) is 7.11 Å². The van der Waals surface area contributed by atoms with E-state index in [4.69, 9.17) is 15.2 Å². The number of ether oxygens (including phenoxy) is 2. The van der Waals surface area contributed by atoms with Crippen molar-refractivity contribution in [3.63, 3.8) is 0 Å². The molecular weight excluding hydrogens is 542 g/mol. The van der Waals surface area contributed by atoms with Crippen LogP contribution in [-0.4, -0.2) is 64.4 Å². The van der Waals surface area contributed by atoms with Gasteiger partial charge in [-0.05, 0) is 82.0 Å². The summed E-state index contributed by atoms with van der Waals surface area (Å²) in [5, 5.41) is 7.16. The lowest BCUT2D eigenvalue weighted by molar-refractivity contribution is 0.0276. The number of unbranched alkanes of at least 4 members (excludes halogenated alkanes) is 2. The van der Waals surface area contributed by atoms with Crippen LogP contribution in [0.3, 0.4) is 0 Å². The molecule has 234 valence electrons. The number of aromatic nitrogens is 3. The van der Waals surface area contributed by atoms with Gasteiger partial charge >= 0.3 is 6.09 Å². The number of nitrogens with one attached hydrogen (secondary N) is 2. The molecule has 1 aliphatic carbocycles. The number of methoxy groups -OCH3 is 1. The Balaban J connectivity index is 1.19. The highest BCUT2D eigenvalue weighted by Gasteiger charge is 2.44. The van der Waals surface area contributed by atoms with E-state index in [9.17, 15) is 4.79 Å². The molecule has 3 atom stereocenters. The molecule has 2 aromatic heterocycles. The number of nitrogens with two attached hydrogens (primary N) is 1. The first-order valence-electron chi connectivity index (χ1n) is 15.9. The number of hydrogen-bond donors (Lipinski definition) is 3. The predicted molar refractivity (Wildman–Crippen MR) is 171 cm³/mol. The highest BCUT2D eigenvalue weighted by Crippen LogP contribution is 2.42. The van der Waals surface area contributed by atoms with Crippen molar-refractivity contribution in [2.24, 2.45) is 17.8 Å². The van der Waals surface area contributed by atoms with Crippen molar-refractivity contribution in [1.29, 1.82) is 0 Å². The van der Waals surface area contributed by atoms with Crippen LogP contribution in [0.5, 0.6) is 5.75 Å². The third-order valence-electron chi connectivity index (χ3n) is 8.79. The molecule has 1 amide bonds. The summed E-state index contributed by atoms with van der Waals surface area (Å²) in [5.74, 6) is 3.60. The zero-order valence-electron chi connectivity index (χ0n) is 26.5. The highest BCUT2D eigenvalue weighted by atomic mass is 16.6. The summed E-state index contributed by atoms with van der Waals surface area (Å²) in [5.41, 5.74) is 9.60. The molecule has 3 unspecified atom stereocenters. The Morgan fingerprint density at radius 1 is 1.14 bits per heavy atom. The van der Waals surface area contributed by atoms with Gasteiger partial charge in [0.25, 0.3) is 0 Å². The van der Waals surface area contributed by atoms with Crippen molar-refractivity contribution in [2.75, 3.05) is 44.3 Å². The zero-order chi connectivity index (χ0) is 30.6. The number of nitrogens with zero attached hydrogens (tertiary/aromatic N) is 4. The minimum Gasteiger partial charge on any atom is -0.496 e. The smallest absolute Gasteiger partial charge is 0.410 e. The van der Waals surface area contributed by atoms with Crippen molar-refractivity contribution >= 4 is 28.9 Å². The second-order valence-corrected chi connectivity index (χ2v) is 13.2. The van der Waals surface area contributed by atoms with Gasteiger partial charge in [0.2, 0.25) is 5.95 Å². The average Bonchev–Trinajstić information content (AvgIpc) is 3.66. The molecule has 5 rings (SSSR count). The number of likely N-dealkylation sites (tertiary alicyclic amines) is 1. The average molecular weight is 592 g/mol. The van der Waals surface area contributed by atoms with Crippen LogP contribution >= 0.6 is 0 Å². The first-order valence-corrected chi connectivity index (χ1v) is 15.9. The van der Waals surface area contributed by atoms with Gasteiger partial charge in [0.1, 0.15) is 16.9 Å². The molecule has 10 heteroatoms. The van der Waals surface area contributed by atoms with E-state index in [1.165, 1.54) is 31.2 Å². The third kappa shape index (κ3) is 7.52. The van der Waals surface area contributed by atoms with Crippen molar-refractivity contribution in [2.45, 2.75) is 78.5 Å². The van der Waals surface area contributed by atoms with Gasteiger partial charge in [-0.15, -0.1) is 0 Å². The molecule has 1 saturated heterocycles. The molecule has 0 radical (unpaired) electrons. The van der Waals surface area contributed by atoms with E-state index >= 15 is 0 Å². The maximum atomic E-state index is 12.6. The van der Waals surface area contributed by atoms with Crippen molar-refractivity contribution in [3.8, 4) is 5.75 Å². The first kappa shape index (κ1) is 30.9. The van der Waals surface area contributed by atoms with Crippen LogP contribution in [0.1, 0.15) is 70.9 Å². The largest absolute Gasteiger partial charge is 0.496 e. The molecule has 1 saturated carbocycles. The lowest BCUT2D eigenvalue weighted by atomic mass is 9.92. The van der Waals surface area contributed by atoms with E-state index in [2.05, 4.69) is 50.3 Å². The van der Waals surface area contributed by atoms with E-state index in [1.807, 2.05) is 37.9 Å². The highest BCUT2D eigenvalue weighted by molar-refractivity contribution is 5.87. The second kappa shape index (κ2) is 13.4. The van der Waals surface area contributed by atoms with E-state index in [-0.39, 0.29) is 12.0 Å². The summed E-state index contributed by atoms with van der Waals surface area (Å²) in [6, 6.07) is 8.44. The van der Waals surface area contributed by atoms with Gasteiger partial charge < -0.3 is 35.3 Å². The molecule has 4 N–H and O–H groups in total. The standard InChI is InChI=1S/C33H49N7O3/c1-6-7-8-14-36-30-29-27(37-31(34)38-30)13-15-39(29)20-25-10-9-22(16-28(25)42-5)17-35-18-23-11-12-24-19-40(21-26(23)24)32(41)43-33(2,3)4/h9-10,13,15-16,23-24,26,35H,6-8,11-12,14,17-21H2,1-5H3,(H3,34,36,37,38). The summed E-state index contributed by atoms with van der Waals surface area (Å²) in [6.45, 7) is 12.8. The fourth-order valence-corrected chi connectivity index (χ4v) is 6.68. The van der Waals surface area contributed by atoms with Gasteiger partial charge in [0.15, 0.2) is 5.82 Å². The van der Waals surface area contributed by atoms with Gasteiger partial charge in [-0.1, -0.05) is 31.9 Å². The zero-order valence-corrected chi connectivity index (χ0v) is 26.5. The number of carbonyl (C=O) groups is 1. The molecule has 10 nitrogen and oxygen atoms in total. The van der Waals surface area contributed by atoms with Crippen LogP contribution in [0, 0.1) is 17.8 Å². The summed E-state index contributed by atoms with van der Waals surface area (Å²) in [7, 11) is 1.73. The number of amides is 1. The Labute approximate surface area is 255 Å². The summed E-state index contributed by atoms with van der Waals surface area (Å²) < 4.78 is 13.6. The minimum absolute atomic E-state index is 0.176. The van der Waals surface area contributed by atoms with Crippen molar-refractivity contribution < 1.29 is 14.3 Å². The van der Waals surface area contributed by atoms with Crippen LogP contribution in [-0.2, 0) is 17.8 Å². The monoisotopic (exact) mass is 591 g/mol. The quantitative estimate of drug-likeness (QED) is 0.231. The molecule has 3 aromatic rings. The molecule has 1 aromatic carbocycles. The fourth-order valence-electron chi connectivity index (χ4n) is 6.68. The van der Waals surface area contributed by atoms with Crippen molar-refractivity contribution in [1.82, 2.24) is 24.8 Å². The first-order chi connectivity index (χ1) is 20.6. The lowest BCUT2D eigenvalue weighted by Gasteiger charge is -2.25. The second-order valence-electron chi connectivity index (χ2n) is 13.2. The summed E-state index contributed by atoms with van der Waals surface area (Å²) in [6.07, 6.45) is 7.67. The maximum Gasteiger partial charge on any atom is 0.410 e.